The Morgan fingerprint density at radius 2 is 1.71 bits per heavy atom. The lowest BCUT2D eigenvalue weighted by Gasteiger charge is -2.11. The monoisotopic (exact) mass is 467 g/mol. The van der Waals surface area contributed by atoms with Crippen LogP contribution in [0.4, 0.5) is 5.69 Å². The minimum absolute atomic E-state index is 0.229. The molecule has 0 atom stereocenters. The molecule has 6 heteroatoms. The zero-order chi connectivity index (χ0) is 24.6. The average Bonchev–Trinajstić information content (AvgIpc) is 3.30. The average molecular weight is 468 g/mol. The summed E-state index contributed by atoms with van der Waals surface area (Å²) >= 11 is 0. The summed E-state index contributed by atoms with van der Waals surface area (Å²) in [6, 6.07) is 21.9. The number of benzene rings is 3. The quantitative estimate of drug-likeness (QED) is 0.317. The largest absolute Gasteiger partial charge is 0.496 e. The number of carbonyl (C=O) groups is 1. The van der Waals surface area contributed by atoms with Gasteiger partial charge in [0.15, 0.2) is 0 Å². The van der Waals surface area contributed by atoms with Crippen LogP contribution in [-0.4, -0.2) is 22.8 Å². The maximum Gasteiger partial charge on any atom is 0.248 e. The van der Waals surface area contributed by atoms with Crippen molar-refractivity contribution in [2.45, 2.75) is 27.0 Å². The maximum atomic E-state index is 12.5. The van der Waals surface area contributed by atoms with Crippen LogP contribution < -0.4 is 14.8 Å². The fourth-order valence-electron chi connectivity index (χ4n) is 3.56. The topological polar surface area (TPSA) is 65.4 Å². The van der Waals surface area contributed by atoms with Gasteiger partial charge in [0.1, 0.15) is 18.1 Å². The summed E-state index contributed by atoms with van der Waals surface area (Å²) < 4.78 is 13.2. The maximum absolute atomic E-state index is 12.5. The molecular formula is C29H29N3O3. The Bertz CT molecular complexity index is 1310. The summed E-state index contributed by atoms with van der Waals surface area (Å²) in [6.07, 6.45) is 6.73. The van der Waals surface area contributed by atoms with Crippen LogP contribution in [0.15, 0.2) is 85.2 Å². The van der Waals surface area contributed by atoms with Gasteiger partial charge in [0.2, 0.25) is 5.91 Å². The van der Waals surface area contributed by atoms with Crippen molar-refractivity contribution >= 4 is 17.7 Å². The minimum atomic E-state index is -0.229. The molecule has 0 saturated carbocycles. The van der Waals surface area contributed by atoms with E-state index in [-0.39, 0.29) is 5.91 Å². The molecule has 3 aromatic carbocycles. The fraction of sp³-hybridized carbons (Fsp3) is 0.172. The van der Waals surface area contributed by atoms with Crippen LogP contribution in [0.25, 0.3) is 6.08 Å². The van der Waals surface area contributed by atoms with Crippen molar-refractivity contribution in [3.05, 3.63) is 113 Å². The van der Waals surface area contributed by atoms with E-state index in [0.717, 1.165) is 28.2 Å². The van der Waals surface area contributed by atoms with Gasteiger partial charge in [-0.05, 0) is 55.3 Å². The highest BCUT2D eigenvalue weighted by Crippen LogP contribution is 2.23. The van der Waals surface area contributed by atoms with Crippen molar-refractivity contribution in [3.63, 3.8) is 0 Å². The smallest absolute Gasteiger partial charge is 0.248 e. The Hall–Kier alpha value is -4.32. The van der Waals surface area contributed by atoms with Crippen molar-refractivity contribution < 1.29 is 14.3 Å². The number of aryl methyl sites for hydroxylation is 2. The van der Waals surface area contributed by atoms with E-state index in [2.05, 4.69) is 41.6 Å². The first-order valence-electron chi connectivity index (χ1n) is 11.4. The van der Waals surface area contributed by atoms with Crippen LogP contribution in [0.1, 0.15) is 27.8 Å². The molecule has 0 spiro atoms. The van der Waals surface area contributed by atoms with Crippen molar-refractivity contribution in [1.29, 1.82) is 0 Å². The second-order valence-electron chi connectivity index (χ2n) is 8.41. The highest BCUT2D eigenvalue weighted by molar-refractivity contribution is 6.01. The number of amides is 1. The number of nitrogens with zero attached hydrogens (tertiary/aromatic N) is 2. The van der Waals surface area contributed by atoms with Crippen LogP contribution >= 0.6 is 0 Å². The number of hydrogen-bond donors (Lipinski definition) is 1. The van der Waals surface area contributed by atoms with Crippen LogP contribution in [0, 0.1) is 13.8 Å². The Morgan fingerprint density at radius 3 is 2.43 bits per heavy atom. The summed E-state index contributed by atoms with van der Waals surface area (Å²) in [5, 5.41) is 7.19. The van der Waals surface area contributed by atoms with E-state index in [1.54, 1.807) is 24.1 Å². The number of nitrogens with one attached hydrogen (secondary N) is 1. The number of hydrogen-bond acceptors (Lipinski definition) is 4. The summed E-state index contributed by atoms with van der Waals surface area (Å²) in [4.78, 5) is 12.5. The van der Waals surface area contributed by atoms with Crippen molar-refractivity contribution in [2.24, 2.45) is 0 Å². The first-order valence-corrected chi connectivity index (χ1v) is 11.4. The molecule has 0 aliphatic rings. The molecule has 0 fully saturated rings. The lowest BCUT2D eigenvalue weighted by atomic mass is 10.1. The second-order valence-corrected chi connectivity index (χ2v) is 8.41. The Balaban J connectivity index is 1.36. The molecule has 0 unspecified atom stereocenters. The van der Waals surface area contributed by atoms with Gasteiger partial charge in [-0.15, -0.1) is 0 Å². The van der Waals surface area contributed by atoms with Crippen LogP contribution in [0.5, 0.6) is 11.5 Å². The molecule has 0 bridgehead atoms. The highest BCUT2D eigenvalue weighted by atomic mass is 16.5. The summed E-state index contributed by atoms with van der Waals surface area (Å²) in [5.41, 5.74) is 5.97. The van der Waals surface area contributed by atoms with E-state index in [0.29, 0.717) is 18.8 Å². The predicted octanol–water partition coefficient (Wildman–Crippen LogP) is 5.79. The molecule has 35 heavy (non-hydrogen) atoms. The second kappa shape index (κ2) is 11.2. The molecule has 1 heterocycles. The zero-order valence-corrected chi connectivity index (χ0v) is 20.2. The normalized spacial score (nSPS) is 10.9. The molecule has 0 aliphatic carbocycles. The van der Waals surface area contributed by atoms with Gasteiger partial charge >= 0.3 is 0 Å². The van der Waals surface area contributed by atoms with E-state index >= 15 is 0 Å². The number of rotatable bonds is 9. The van der Waals surface area contributed by atoms with Gasteiger partial charge in [-0.2, -0.15) is 5.10 Å². The van der Waals surface area contributed by atoms with Gasteiger partial charge in [0.25, 0.3) is 0 Å². The van der Waals surface area contributed by atoms with E-state index in [9.17, 15) is 4.79 Å². The minimum Gasteiger partial charge on any atom is -0.496 e. The SMILES string of the molecule is COc1ccc(/C=C/C(=O)Nc2cnn(Cc3ccc(C)cc3)c2)cc1COc1ccc(C)cc1. The molecule has 178 valence electrons. The molecule has 4 rings (SSSR count). The third-order valence-electron chi connectivity index (χ3n) is 5.51. The molecule has 0 aliphatic heterocycles. The summed E-state index contributed by atoms with van der Waals surface area (Å²) in [5.74, 6) is 1.30. The van der Waals surface area contributed by atoms with Crippen LogP contribution in [0.2, 0.25) is 0 Å². The first-order chi connectivity index (χ1) is 17.0. The van der Waals surface area contributed by atoms with Crippen LogP contribution in [0.3, 0.4) is 0 Å². The highest BCUT2D eigenvalue weighted by Gasteiger charge is 2.07. The Morgan fingerprint density at radius 1 is 1.00 bits per heavy atom. The van der Waals surface area contributed by atoms with Crippen LogP contribution in [-0.2, 0) is 17.9 Å². The van der Waals surface area contributed by atoms with Crippen molar-refractivity contribution in [2.75, 3.05) is 12.4 Å². The summed E-state index contributed by atoms with van der Waals surface area (Å²) in [6.45, 7) is 5.10. The lowest BCUT2D eigenvalue weighted by molar-refractivity contribution is -0.111. The van der Waals surface area contributed by atoms with Gasteiger partial charge in [0, 0.05) is 17.8 Å². The van der Waals surface area contributed by atoms with Gasteiger partial charge < -0.3 is 14.8 Å². The van der Waals surface area contributed by atoms with E-state index in [4.69, 9.17) is 9.47 Å². The lowest BCUT2D eigenvalue weighted by Crippen LogP contribution is -2.07. The molecular weight excluding hydrogens is 438 g/mol. The zero-order valence-electron chi connectivity index (χ0n) is 20.2. The Kier molecular flexibility index (Phi) is 7.63. The molecule has 0 saturated heterocycles. The van der Waals surface area contributed by atoms with Gasteiger partial charge in [0.05, 0.1) is 25.5 Å². The number of anilines is 1. The molecule has 1 amide bonds. The molecule has 6 nitrogen and oxygen atoms in total. The van der Waals surface area contributed by atoms with Crippen molar-refractivity contribution in [3.8, 4) is 11.5 Å². The predicted molar refractivity (Wildman–Crippen MR) is 139 cm³/mol. The number of carbonyl (C=O) groups excluding carboxylic acids is 1. The third-order valence-corrected chi connectivity index (χ3v) is 5.51. The van der Waals surface area contributed by atoms with E-state index < -0.39 is 0 Å². The summed E-state index contributed by atoms with van der Waals surface area (Å²) in [7, 11) is 1.63. The standard InChI is InChI=1S/C29H29N3O3/c1-21-4-8-24(9-5-21)18-32-19-26(17-30-32)31-29(33)15-11-23-10-14-28(34-3)25(16-23)20-35-27-12-6-22(2)7-13-27/h4-17,19H,18,20H2,1-3H3,(H,31,33)/b15-11+. The van der Waals surface area contributed by atoms with E-state index in [1.807, 2.05) is 55.6 Å². The third kappa shape index (κ3) is 6.84. The fourth-order valence-corrected chi connectivity index (χ4v) is 3.56. The number of ether oxygens (including phenoxy) is 2. The molecule has 1 aromatic heterocycles. The molecule has 1 N–H and O–H groups in total. The number of methoxy groups -OCH3 is 1. The molecule has 4 aromatic rings. The van der Waals surface area contributed by atoms with Crippen molar-refractivity contribution in [1.82, 2.24) is 9.78 Å². The van der Waals surface area contributed by atoms with Gasteiger partial charge in [-0.3, -0.25) is 9.48 Å². The first kappa shape index (κ1) is 23.8. The van der Waals surface area contributed by atoms with E-state index in [1.165, 1.54) is 17.2 Å². The molecule has 0 radical (unpaired) electrons. The van der Waals surface area contributed by atoms with Gasteiger partial charge in [-0.1, -0.05) is 53.6 Å². The Labute approximate surface area is 205 Å². The van der Waals surface area contributed by atoms with Gasteiger partial charge in [-0.25, -0.2) is 0 Å². The number of aromatic nitrogens is 2.